The molecular formula is C3H6Cl2O4S. The molecule has 1 rings (SSSR count). The van der Waals surface area contributed by atoms with Gasteiger partial charge >= 0.3 is 0 Å². The van der Waals surface area contributed by atoms with Gasteiger partial charge in [0.15, 0.2) is 4.33 Å². The molecule has 62 valence electrons. The SMILES string of the molecule is OS1(O)OCC(Cl)(Cl)CO1. The number of rotatable bonds is 0. The van der Waals surface area contributed by atoms with E-state index in [4.69, 9.17) is 32.3 Å². The van der Waals surface area contributed by atoms with E-state index in [0.29, 0.717) is 0 Å². The van der Waals surface area contributed by atoms with Crippen LogP contribution in [0.15, 0.2) is 0 Å². The van der Waals surface area contributed by atoms with Gasteiger partial charge in [-0.05, 0) is 0 Å². The van der Waals surface area contributed by atoms with Gasteiger partial charge in [-0.15, -0.1) is 0 Å². The molecule has 2 N–H and O–H groups in total. The van der Waals surface area contributed by atoms with E-state index in [0.717, 1.165) is 0 Å². The zero-order chi connectivity index (χ0) is 7.83. The van der Waals surface area contributed by atoms with Crippen molar-refractivity contribution in [3.8, 4) is 0 Å². The third-order valence-corrected chi connectivity index (χ3v) is 2.13. The molecule has 4 nitrogen and oxygen atoms in total. The normalized spacial score (nSPS) is 33.2. The molecule has 0 aliphatic carbocycles. The zero-order valence-electron chi connectivity index (χ0n) is 4.79. The summed E-state index contributed by atoms with van der Waals surface area (Å²) in [6.07, 6.45) is 0. The van der Waals surface area contributed by atoms with Crippen LogP contribution in [0.3, 0.4) is 0 Å². The summed E-state index contributed by atoms with van der Waals surface area (Å²) in [4.78, 5) is 0. The largest absolute Gasteiger partial charge is 0.287 e. The number of halogens is 2. The Bertz CT molecular complexity index is 110. The van der Waals surface area contributed by atoms with Gasteiger partial charge in [0.25, 0.3) is 0 Å². The van der Waals surface area contributed by atoms with Crippen molar-refractivity contribution in [3.63, 3.8) is 0 Å². The van der Waals surface area contributed by atoms with Crippen LogP contribution in [-0.2, 0) is 8.37 Å². The summed E-state index contributed by atoms with van der Waals surface area (Å²) in [6, 6.07) is 0. The minimum absolute atomic E-state index is 0.140. The molecule has 0 saturated carbocycles. The lowest BCUT2D eigenvalue weighted by molar-refractivity contribution is 0.101. The van der Waals surface area contributed by atoms with Crippen molar-refractivity contribution in [2.75, 3.05) is 13.2 Å². The van der Waals surface area contributed by atoms with E-state index in [2.05, 4.69) is 8.37 Å². The summed E-state index contributed by atoms with van der Waals surface area (Å²) in [5.74, 6) is 0. The van der Waals surface area contributed by atoms with Gasteiger partial charge < -0.3 is 0 Å². The molecule has 1 heterocycles. The highest BCUT2D eigenvalue weighted by Gasteiger charge is 2.37. The number of hydrogen-bond donors (Lipinski definition) is 2. The second-order valence-electron chi connectivity index (χ2n) is 1.83. The minimum Gasteiger partial charge on any atom is -0.287 e. The first kappa shape index (κ1) is 8.86. The standard InChI is InChI=1S/C3H6Cl2O4S/c4-3(5)1-8-10(6,7)9-2-3/h6-7H,1-2H2. The predicted molar refractivity (Wildman–Crippen MR) is 39.2 cm³/mol. The molecule has 1 fully saturated rings. The fraction of sp³-hybridized carbons (Fsp3) is 1.00. The zero-order valence-corrected chi connectivity index (χ0v) is 7.12. The van der Waals surface area contributed by atoms with Crippen LogP contribution >= 0.6 is 34.4 Å². The first-order valence-corrected chi connectivity index (χ1v) is 4.51. The van der Waals surface area contributed by atoms with Gasteiger partial charge in [0.1, 0.15) is 13.2 Å². The smallest absolute Gasteiger partial charge is 0.219 e. The molecule has 1 aliphatic rings. The van der Waals surface area contributed by atoms with Crippen LogP contribution in [0.4, 0.5) is 0 Å². The van der Waals surface area contributed by atoms with Crippen LogP contribution < -0.4 is 0 Å². The van der Waals surface area contributed by atoms with Crippen LogP contribution in [0.25, 0.3) is 0 Å². The maximum absolute atomic E-state index is 8.68. The molecule has 0 radical (unpaired) electrons. The second kappa shape index (κ2) is 2.67. The average Bonchev–Trinajstić information content (AvgIpc) is 1.79. The van der Waals surface area contributed by atoms with Crippen LogP contribution in [-0.4, -0.2) is 26.7 Å². The van der Waals surface area contributed by atoms with E-state index in [9.17, 15) is 0 Å². The topological polar surface area (TPSA) is 58.9 Å². The molecule has 0 unspecified atom stereocenters. The Hall–Kier alpha value is 0.770. The second-order valence-corrected chi connectivity index (χ2v) is 4.84. The van der Waals surface area contributed by atoms with Crippen LogP contribution in [0.5, 0.6) is 0 Å². The first-order valence-electron chi connectivity index (χ1n) is 2.36. The van der Waals surface area contributed by atoms with Crippen molar-refractivity contribution >= 4 is 34.4 Å². The van der Waals surface area contributed by atoms with Crippen molar-refractivity contribution in [3.05, 3.63) is 0 Å². The lowest BCUT2D eigenvalue weighted by Gasteiger charge is -2.34. The fourth-order valence-corrected chi connectivity index (χ4v) is 1.66. The van der Waals surface area contributed by atoms with Gasteiger partial charge in [0, 0.05) is 0 Å². The van der Waals surface area contributed by atoms with E-state index in [-0.39, 0.29) is 13.2 Å². The van der Waals surface area contributed by atoms with Gasteiger partial charge in [-0.1, -0.05) is 23.2 Å². The van der Waals surface area contributed by atoms with Crippen LogP contribution in [0.1, 0.15) is 0 Å². The van der Waals surface area contributed by atoms with Crippen molar-refractivity contribution in [1.82, 2.24) is 0 Å². The highest BCUT2D eigenvalue weighted by Crippen LogP contribution is 2.48. The monoisotopic (exact) mass is 208 g/mol. The summed E-state index contributed by atoms with van der Waals surface area (Å²) < 4.78 is 25.0. The molecule has 1 aliphatic heterocycles. The lowest BCUT2D eigenvalue weighted by Crippen LogP contribution is -2.34. The minimum atomic E-state index is -3.32. The van der Waals surface area contributed by atoms with E-state index >= 15 is 0 Å². The van der Waals surface area contributed by atoms with Crippen LogP contribution in [0, 0.1) is 0 Å². The van der Waals surface area contributed by atoms with E-state index in [1.807, 2.05) is 0 Å². The Kier molecular flexibility index (Phi) is 2.37. The summed E-state index contributed by atoms with van der Waals surface area (Å²) in [7, 11) is 0. The quantitative estimate of drug-likeness (QED) is 0.597. The van der Waals surface area contributed by atoms with Crippen LogP contribution in [0.2, 0.25) is 0 Å². The Morgan fingerprint density at radius 2 is 1.60 bits per heavy atom. The molecule has 0 aromatic carbocycles. The summed E-state index contributed by atoms with van der Waals surface area (Å²) >= 11 is 7.69. The predicted octanol–water partition coefficient (Wildman–Crippen LogP) is 1.79. The van der Waals surface area contributed by atoms with Gasteiger partial charge in [-0.2, -0.15) is 0 Å². The van der Waals surface area contributed by atoms with E-state index < -0.39 is 15.5 Å². The molecule has 0 atom stereocenters. The molecule has 7 heteroatoms. The highest BCUT2D eigenvalue weighted by atomic mass is 35.5. The van der Waals surface area contributed by atoms with Gasteiger partial charge in [0.05, 0.1) is 0 Å². The van der Waals surface area contributed by atoms with Gasteiger partial charge in [-0.3, -0.25) is 17.5 Å². The highest BCUT2D eigenvalue weighted by molar-refractivity contribution is 8.16. The molecule has 0 bridgehead atoms. The molecule has 0 aromatic heterocycles. The summed E-state index contributed by atoms with van der Waals surface area (Å²) in [5, 5.41) is 0. The molecular weight excluding hydrogens is 203 g/mol. The van der Waals surface area contributed by atoms with Crippen molar-refractivity contribution in [2.45, 2.75) is 4.33 Å². The number of hydrogen-bond acceptors (Lipinski definition) is 4. The third kappa shape index (κ3) is 2.43. The van der Waals surface area contributed by atoms with Gasteiger partial charge in [0.2, 0.25) is 11.2 Å². The van der Waals surface area contributed by atoms with Crippen molar-refractivity contribution < 1.29 is 17.5 Å². The summed E-state index contributed by atoms with van der Waals surface area (Å²) in [5.41, 5.74) is 0. The Labute approximate surface area is 69.8 Å². The molecule has 0 spiro atoms. The maximum Gasteiger partial charge on any atom is 0.219 e. The average molecular weight is 209 g/mol. The molecule has 0 aromatic rings. The van der Waals surface area contributed by atoms with Crippen molar-refractivity contribution in [2.24, 2.45) is 0 Å². The molecule has 10 heavy (non-hydrogen) atoms. The molecule has 1 saturated heterocycles. The summed E-state index contributed by atoms with van der Waals surface area (Å²) in [6.45, 7) is -0.281. The van der Waals surface area contributed by atoms with Crippen molar-refractivity contribution in [1.29, 1.82) is 0 Å². The maximum atomic E-state index is 8.68. The Morgan fingerprint density at radius 3 is 1.90 bits per heavy atom. The van der Waals surface area contributed by atoms with E-state index in [1.54, 1.807) is 0 Å². The number of alkyl halides is 2. The van der Waals surface area contributed by atoms with E-state index in [1.165, 1.54) is 0 Å². The third-order valence-electron chi connectivity index (χ3n) is 0.847. The van der Waals surface area contributed by atoms with Gasteiger partial charge in [-0.25, -0.2) is 0 Å². The fourth-order valence-electron chi connectivity index (χ4n) is 0.402. The molecule has 0 amide bonds. The first-order chi connectivity index (χ1) is 4.41. The Morgan fingerprint density at radius 1 is 1.20 bits per heavy atom. The Balaban J connectivity index is 2.46. The lowest BCUT2D eigenvalue weighted by atomic mass is 10.5.